The second-order valence-corrected chi connectivity index (χ2v) is 5.01. The van der Waals surface area contributed by atoms with E-state index >= 15 is 0 Å². The van der Waals surface area contributed by atoms with Crippen molar-refractivity contribution in [2.75, 3.05) is 7.11 Å². The monoisotopic (exact) mass is 200 g/mol. The van der Waals surface area contributed by atoms with Gasteiger partial charge in [0.15, 0.2) is 0 Å². The third kappa shape index (κ3) is 2.96. The van der Waals surface area contributed by atoms with Crippen LogP contribution in [0.5, 0.6) is 0 Å². The summed E-state index contributed by atoms with van der Waals surface area (Å²) in [7, 11) is 1.72. The fourth-order valence-corrected chi connectivity index (χ4v) is 2.35. The number of methoxy groups -OCH3 is 1. The van der Waals surface area contributed by atoms with Gasteiger partial charge in [-0.3, -0.25) is 0 Å². The molecule has 0 bridgehead atoms. The van der Waals surface area contributed by atoms with Crippen molar-refractivity contribution in [1.29, 1.82) is 0 Å². The lowest BCUT2D eigenvalue weighted by atomic mass is 9.78. The van der Waals surface area contributed by atoms with Crippen molar-refractivity contribution in [2.45, 2.75) is 64.1 Å². The van der Waals surface area contributed by atoms with Crippen LogP contribution in [-0.4, -0.2) is 23.9 Å². The van der Waals surface area contributed by atoms with Gasteiger partial charge in [0, 0.05) is 7.11 Å². The van der Waals surface area contributed by atoms with Crippen LogP contribution in [0.2, 0.25) is 0 Å². The van der Waals surface area contributed by atoms with Gasteiger partial charge < -0.3 is 9.84 Å². The summed E-state index contributed by atoms with van der Waals surface area (Å²) in [5.41, 5.74) is -0.544. The highest BCUT2D eigenvalue weighted by Gasteiger charge is 2.38. The number of rotatable bonds is 4. The van der Waals surface area contributed by atoms with E-state index in [9.17, 15) is 5.11 Å². The highest BCUT2D eigenvalue weighted by molar-refractivity contribution is 4.91. The molecule has 0 aliphatic heterocycles. The molecule has 1 rings (SSSR count). The van der Waals surface area contributed by atoms with Crippen LogP contribution in [-0.2, 0) is 4.74 Å². The SMILES string of the molecule is COC1CCCCC1(O)CCC(C)C. The maximum atomic E-state index is 10.5. The molecule has 2 unspecified atom stereocenters. The lowest BCUT2D eigenvalue weighted by molar-refractivity contribution is -0.122. The van der Waals surface area contributed by atoms with E-state index in [1.54, 1.807) is 7.11 Å². The van der Waals surface area contributed by atoms with Gasteiger partial charge in [0.1, 0.15) is 0 Å². The minimum Gasteiger partial charge on any atom is -0.387 e. The van der Waals surface area contributed by atoms with Gasteiger partial charge in [0.2, 0.25) is 0 Å². The van der Waals surface area contributed by atoms with Gasteiger partial charge in [-0.1, -0.05) is 26.7 Å². The summed E-state index contributed by atoms with van der Waals surface area (Å²) in [4.78, 5) is 0. The molecule has 2 nitrogen and oxygen atoms in total. The van der Waals surface area contributed by atoms with E-state index < -0.39 is 5.60 Å². The summed E-state index contributed by atoms with van der Waals surface area (Å²) in [5, 5.41) is 10.5. The first-order valence-corrected chi connectivity index (χ1v) is 5.83. The molecule has 2 heteroatoms. The highest BCUT2D eigenvalue weighted by Crippen LogP contribution is 2.34. The van der Waals surface area contributed by atoms with Crippen LogP contribution >= 0.6 is 0 Å². The molecule has 1 saturated carbocycles. The van der Waals surface area contributed by atoms with E-state index in [0.29, 0.717) is 5.92 Å². The van der Waals surface area contributed by atoms with E-state index in [0.717, 1.165) is 32.1 Å². The second-order valence-electron chi connectivity index (χ2n) is 5.01. The lowest BCUT2D eigenvalue weighted by Crippen LogP contribution is -2.46. The number of hydrogen-bond acceptors (Lipinski definition) is 2. The Balaban J connectivity index is 2.49. The molecule has 0 radical (unpaired) electrons. The minimum atomic E-state index is -0.544. The molecule has 1 aliphatic carbocycles. The van der Waals surface area contributed by atoms with E-state index in [1.807, 2.05) is 0 Å². The summed E-state index contributed by atoms with van der Waals surface area (Å²) in [5.74, 6) is 0.665. The first-order chi connectivity index (χ1) is 6.58. The molecule has 2 atom stereocenters. The average molecular weight is 200 g/mol. The summed E-state index contributed by atoms with van der Waals surface area (Å²) in [6.45, 7) is 4.40. The molecular formula is C12H24O2. The molecule has 0 aromatic carbocycles. The van der Waals surface area contributed by atoms with E-state index in [1.165, 1.54) is 6.42 Å². The summed E-state index contributed by atoms with van der Waals surface area (Å²) < 4.78 is 5.39. The van der Waals surface area contributed by atoms with Crippen molar-refractivity contribution in [3.63, 3.8) is 0 Å². The molecule has 1 aliphatic rings. The molecule has 0 saturated heterocycles. The Morgan fingerprint density at radius 2 is 2.14 bits per heavy atom. The fraction of sp³-hybridized carbons (Fsp3) is 1.00. The van der Waals surface area contributed by atoms with Crippen LogP contribution in [0.1, 0.15) is 52.4 Å². The number of aliphatic hydroxyl groups is 1. The van der Waals surface area contributed by atoms with Crippen LogP contribution in [0.3, 0.4) is 0 Å². The zero-order chi connectivity index (χ0) is 10.6. The third-order valence-electron chi connectivity index (χ3n) is 3.36. The van der Waals surface area contributed by atoms with Gasteiger partial charge in [-0.25, -0.2) is 0 Å². The molecule has 84 valence electrons. The van der Waals surface area contributed by atoms with Crippen molar-refractivity contribution in [2.24, 2.45) is 5.92 Å². The van der Waals surface area contributed by atoms with Crippen LogP contribution in [0, 0.1) is 5.92 Å². The van der Waals surface area contributed by atoms with Gasteiger partial charge in [-0.05, 0) is 31.6 Å². The number of hydrogen-bond donors (Lipinski definition) is 1. The molecule has 0 aromatic rings. The second kappa shape index (κ2) is 5.13. The van der Waals surface area contributed by atoms with E-state index in [2.05, 4.69) is 13.8 Å². The molecule has 1 fully saturated rings. The zero-order valence-electron chi connectivity index (χ0n) is 9.75. The van der Waals surface area contributed by atoms with Crippen LogP contribution in [0.4, 0.5) is 0 Å². The van der Waals surface area contributed by atoms with Crippen molar-refractivity contribution in [1.82, 2.24) is 0 Å². The topological polar surface area (TPSA) is 29.5 Å². The Labute approximate surface area is 87.7 Å². The normalized spacial score (nSPS) is 33.6. The molecule has 0 spiro atoms. The smallest absolute Gasteiger partial charge is 0.0908 e. The average Bonchev–Trinajstić information content (AvgIpc) is 2.16. The lowest BCUT2D eigenvalue weighted by Gasteiger charge is -2.39. The first kappa shape index (κ1) is 12.0. The van der Waals surface area contributed by atoms with Gasteiger partial charge in [-0.15, -0.1) is 0 Å². The van der Waals surface area contributed by atoms with Gasteiger partial charge in [-0.2, -0.15) is 0 Å². The molecular weight excluding hydrogens is 176 g/mol. The predicted molar refractivity (Wildman–Crippen MR) is 58.3 cm³/mol. The van der Waals surface area contributed by atoms with E-state index in [4.69, 9.17) is 4.74 Å². The van der Waals surface area contributed by atoms with Crippen LogP contribution < -0.4 is 0 Å². The van der Waals surface area contributed by atoms with Crippen LogP contribution in [0.25, 0.3) is 0 Å². The zero-order valence-corrected chi connectivity index (χ0v) is 9.75. The van der Waals surface area contributed by atoms with Gasteiger partial charge in [0.25, 0.3) is 0 Å². The van der Waals surface area contributed by atoms with Crippen molar-refractivity contribution in [3.05, 3.63) is 0 Å². The van der Waals surface area contributed by atoms with E-state index in [-0.39, 0.29) is 6.10 Å². The van der Waals surface area contributed by atoms with Crippen molar-refractivity contribution in [3.8, 4) is 0 Å². The molecule has 0 heterocycles. The predicted octanol–water partition coefficient (Wildman–Crippen LogP) is 2.74. The molecule has 0 amide bonds. The van der Waals surface area contributed by atoms with Gasteiger partial charge in [0.05, 0.1) is 11.7 Å². The summed E-state index contributed by atoms with van der Waals surface area (Å²) >= 11 is 0. The maximum absolute atomic E-state index is 10.5. The molecule has 14 heavy (non-hydrogen) atoms. The molecule has 0 aromatic heterocycles. The summed E-state index contributed by atoms with van der Waals surface area (Å²) in [6, 6.07) is 0. The fourth-order valence-electron chi connectivity index (χ4n) is 2.35. The Kier molecular flexibility index (Phi) is 4.39. The Morgan fingerprint density at radius 1 is 1.43 bits per heavy atom. The standard InChI is InChI=1S/C12H24O2/c1-10(2)7-9-12(13)8-5-4-6-11(12)14-3/h10-11,13H,4-9H2,1-3H3. The third-order valence-corrected chi connectivity index (χ3v) is 3.36. The molecule has 1 N–H and O–H groups in total. The maximum Gasteiger partial charge on any atom is 0.0908 e. The Hall–Kier alpha value is -0.0800. The summed E-state index contributed by atoms with van der Waals surface area (Å²) in [6.07, 6.45) is 6.33. The largest absolute Gasteiger partial charge is 0.387 e. The first-order valence-electron chi connectivity index (χ1n) is 5.83. The minimum absolute atomic E-state index is 0.0648. The highest BCUT2D eigenvalue weighted by atomic mass is 16.5. The van der Waals surface area contributed by atoms with Crippen molar-refractivity contribution < 1.29 is 9.84 Å². The Morgan fingerprint density at radius 3 is 2.71 bits per heavy atom. The number of ether oxygens (including phenoxy) is 1. The van der Waals surface area contributed by atoms with Crippen LogP contribution in [0.15, 0.2) is 0 Å². The Bertz CT molecular complexity index is 168. The van der Waals surface area contributed by atoms with Crippen molar-refractivity contribution >= 4 is 0 Å². The quantitative estimate of drug-likeness (QED) is 0.756. The van der Waals surface area contributed by atoms with Gasteiger partial charge >= 0.3 is 0 Å².